The lowest BCUT2D eigenvalue weighted by Crippen LogP contribution is -1.95. The summed E-state index contributed by atoms with van der Waals surface area (Å²) in [4.78, 5) is 0. The summed E-state index contributed by atoms with van der Waals surface area (Å²) >= 11 is 0. The van der Waals surface area contributed by atoms with Gasteiger partial charge in [-0.15, -0.1) is 0 Å². The zero-order valence-electron chi connectivity index (χ0n) is 8.82. The Hall–Kier alpha value is -1.83. The van der Waals surface area contributed by atoms with E-state index in [0.29, 0.717) is 17.9 Å². The van der Waals surface area contributed by atoms with Crippen LogP contribution in [0.5, 0.6) is 5.75 Å². The van der Waals surface area contributed by atoms with Crippen LogP contribution in [0.4, 0.5) is 4.39 Å². The number of halogens is 1. The predicted octanol–water partition coefficient (Wildman–Crippen LogP) is 3.59. The maximum Gasteiger partial charge on any atom is 0.130 e. The number of ether oxygens (including phenoxy) is 1. The first-order valence-electron chi connectivity index (χ1n) is 5.04. The molecule has 0 amide bonds. The van der Waals surface area contributed by atoms with E-state index in [1.807, 2.05) is 30.3 Å². The third kappa shape index (κ3) is 2.60. The highest BCUT2D eigenvalue weighted by atomic mass is 19.1. The molecule has 0 N–H and O–H groups in total. The maximum atomic E-state index is 13.2. The van der Waals surface area contributed by atoms with Gasteiger partial charge in [-0.05, 0) is 24.1 Å². The van der Waals surface area contributed by atoms with Crippen LogP contribution in [0, 0.1) is 12.7 Å². The van der Waals surface area contributed by atoms with Gasteiger partial charge in [0.15, 0.2) is 0 Å². The van der Waals surface area contributed by atoms with Gasteiger partial charge in [0, 0.05) is 6.07 Å². The summed E-state index contributed by atoms with van der Waals surface area (Å²) in [5.41, 5.74) is 1.44. The molecule has 81 valence electrons. The Morgan fingerprint density at radius 2 is 1.81 bits per heavy atom. The van der Waals surface area contributed by atoms with Crippen LogP contribution in [-0.4, -0.2) is 0 Å². The summed E-state index contributed by atoms with van der Waals surface area (Å²) in [6.45, 7) is 3.99. The second kappa shape index (κ2) is 4.79. The van der Waals surface area contributed by atoms with Crippen LogP contribution in [0.3, 0.4) is 0 Å². The fourth-order valence-corrected chi connectivity index (χ4v) is 1.36. The molecule has 0 saturated heterocycles. The van der Waals surface area contributed by atoms with E-state index in [-0.39, 0.29) is 5.82 Å². The van der Waals surface area contributed by atoms with Gasteiger partial charge in [0.2, 0.25) is 0 Å². The Morgan fingerprint density at radius 3 is 2.50 bits per heavy atom. The monoisotopic (exact) mass is 215 g/mol. The number of hydrogen-bond acceptors (Lipinski definition) is 1. The van der Waals surface area contributed by atoms with E-state index in [0.717, 1.165) is 5.56 Å². The van der Waals surface area contributed by atoms with Crippen LogP contribution in [0.25, 0.3) is 0 Å². The van der Waals surface area contributed by atoms with Crippen molar-refractivity contribution in [2.75, 3.05) is 0 Å². The minimum Gasteiger partial charge on any atom is -0.489 e. The molecule has 0 fully saturated rings. The zero-order valence-corrected chi connectivity index (χ0v) is 8.82. The molecule has 0 atom stereocenters. The largest absolute Gasteiger partial charge is 0.489 e. The number of hydrogen-bond donors (Lipinski definition) is 0. The van der Waals surface area contributed by atoms with Crippen molar-refractivity contribution in [3.63, 3.8) is 0 Å². The normalized spacial score (nSPS) is 10.1. The molecule has 0 heterocycles. The summed E-state index contributed by atoms with van der Waals surface area (Å²) in [7, 11) is 0. The Labute approximate surface area is 94.5 Å². The number of rotatable bonds is 3. The molecule has 2 aromatic rings. The first-order valence-corrected chi connectivity index (χ1v) is 5.04. The lowest BCUT2D eigenvalue weighted by atomic mass is 10.2. The van der Waals surface area contributed by atoms with E-state index < -0.39 is 0 Å². The van der Waals surface area contributed by atoms with Crippen molar-refractivity contribution in [1.82, 2.24) is 0 Å². The number of benzene rings is 2. The highest BCUT2D eigenvalue weighted by Crippen LogP contribution is 2.17. The molecular weight excluding hydrogens is 203 g/mol. The topological polar surface area (TPSA) is 9.23 Å². The molecule has 0 aromatic heterocycles. The summed E-state index contributed by atoms with van der Waals surface area (Å²) < 4.78 is 18.6. The molecule has 0 unspecified atom stereocenters. The first kappa shape index (κ1) is 10.7. The van der Waals surface area contributed by atoms with E-state index in [9.17, 15) is 4.39 Å². The summed E-state index contributed by atoms with van der Waals surface area (Å²) in [6, 6.07) is 14.4. The lowest BCUT2D eigenvalue weighted by Gasteiger charge is -2.06. The van der Waals surface area contributed by atoms with Gasteiger partial charge >= 0.3 is 0 Å². The van der Waals surface area contributed by atoms with Crippen molar-refractivity contribution >= 4 is 0 Å². The Bertz CT molecular complexity index is 465. The smallest absolute Gasteiger partial charge is 0.130 e. The molecule has 0 aliphatic rings. The second-order valence-corrected chi connectivity index (χ2v) is 3.53. The molecule has 2 heteroatoms. The van der Waals surface area contributed by atoms with Gasteiger partial charge in [0.05, 0.1) is 0 Å². The van der Waals surface area contributed by atoms with E-state index >= 15 is 0 Å². The molecule has 1 radical (unpaired) electrons. The fourth-order valence-electron chi connectivity index (χ4n) is 1.36. The van der Waals surface area contributed by atoms with Crippen molar-refractivity contribution in [2.45, 2.75) is 6.61 Å². The van der Waals surface area contributed by atoms with E-state index in [1.165, 1.54) is 6.07 Å². The van der Waals surface area contributed by atoms with Gasteiger partial charge in [0.25, 0.3) is 0 Å². The van der Waals surface area contributed by atoms with Crippen LogP contribution in [0.15, 0.2) is 48.5 Å². The van der Waals surface area contributed by atoms with Crippen molar-refractivity contribution < 1.29 is 9.13 Å². The average Bonchev–Trinajstić information content (AvgIpc) is 2.32. The Kier molecular flexibility index (Phi) is 3.20. The van der Waals surface area contributed by atoms with Crippen molar-refractivity contribution in [2.24, 2.45) is 0 Å². The van der Waals surface area contributed by atoms with Gasteiger partial charge in [-0.3, -0.25) is 0 Å². The van der Waals surface area contributed by atoms with Crippen LogP contribution >= 0.6 is 0 Å². The molecule has 0 aliphatic heterocycles. The van der Waals surface area contributed by atoms with Gasteiger partial charge in [-0.1, -0.05) is 36.4 Å². The summed E-state index contributed by atoms with van der Waals surface area (Å²) in [5.74, 6) is 0.180. The van der Waals surface area contributed by atoms with E-state index in [4.69, 9.17) is 4.74 Å². The van der Waals surface area contributed by atoms with Crippen molar-refractivity contribution in [1.29, 1.82) is 0 Å². The van der Waals surface area contributed by atoms with Gasteiger partial charge in [0.1, 0.15) is 18.2 Å². The molecule has 1 nitrogen and oxygen atoms in total. The van der Waals surface area contributed by atoms with Crippen LogP contribution < -0.4 is 4.74 Å². The van der Waals surface area contributed by atoms with E-state index in [2.05, 4.69) is 6.92 Å². The molecule has 0 bridgehead atoms. The summed E-state index contributed by atoms with van der Waals surface area (Å²) in [5, 5.41) is 0. The highest BCUT2D eigenvalue weighted by molar-refractivity contribution is 5.30. The molecule has 0 spiro atoms. The maximum absolute atomic E-state index is 13.2. The van der Waals surface area contributed by atoms with Crippen molar-refractivity contribution in [3.05, 3.63) is 72.4 Å². The van der Waals surface area contributed by atoms with Gasteiger partial charge in [-0.2, -0.15) is 0 Å². The fraction of sp³-hybridized carbons (Fsp3) is 0.0714. The Balaban J connectivity index is 2.03. The van der Waals surface area contributed by atoms with Crippen LogP contribution in [-0.2, 0) is 6.61 Å². The standard InChI is InChI=1S/C14H12FO/c1-11-7-8-13(9-14(11)15)16-10-12-5-3-2-4-6-12/h2-9H,1,10H2. The highest BCUT2D eigenvalue weighted by Gasteiger charge is 2.00. The lowest BCUT2D eigenvalue weighted by molar-refractivity contribution is 0.304. The molecular formula is C14H12FO. The van der Waals surface area contributed by atoms with Crippen LogP contribution in [0.2, 0.25) is 0 Å². The Morgan fingerprint density at radius 1 is 1.06 bits per heavy atom. The SMILES string of the molecule is [CH2]c1ccc(OCc2ccccc2)cc1F. The quantitative estimate of drug-likeness (QED) is 0.760. The minimum atomic E-state index is -0.342. The molecule has 2 rings (SSSR count). The van der Waals surface area contributed by atoms with Gasteiger partial charge in [-0.25, -0.2) is 4.39 Å². The van der Waals surface area contributed by atoms with Gasteiger partial charge < -0.3 is 4.74 Å². The molecule has 16 heavy (non-hydrogen) atoms. The average molecular weight is 215 g/mol. The van der Waals surface area contributed by atoms with E-state index in [1.54, 1.807) is 12.1 Å². The molecule has 0 saturated carbocycles. The summed E-state index contributed by atoms with van der Waals surface area (Å²) in [6.07, 6.45) is 0. The van der Waals surface area contributed by atoms with Crippen LogP contribution in [0.1, 0.15) is 11.1 Å². The predicted molar refractivity (Wildman–Crippen MR) is 61.6 cm³/mol. The third-order valence-corrected chi connectivity index (χ3v) is 2.27. The molecule has 2 aromatic carbocycles. The zero-order chi connectivity index (χ0) is 11.4. The third-order valence-electron chi connectivity index (χ3n) is 2.27. The minimum absolute atomic E-state index is 0.342. The second-order valence-electron chi connectivity index (χ2n) is 3.53. The first-order chi connectivity index (χ1) is 7.75. The molecule has 0 aliphatic carbocycles. The van der Waals surface area contributed by atoms with Crippen molar-refractivity contribution in [3.8, 4) is 5.75 Å².